The molecule has 0 aliphatic rings. The fourth-order valence-electron chi connectivity index (χ4n) is 1.41. The molecule has 0 saturated carbocycles. The van der Waals surface area contributed by atoms with Gasteiger partial charge in [0.15, 0.2) is 0 Å². The van der Waals surface area contributed by atoms with Crippen LogP contribution in [0.2, 0.25) is 0 Å². The maximum Gasteiger partial charge on any atom is 0.251 e. The van der Waals surface area contributed by atoms with Crippen LogP contribution in [0, 0.1) is 0 Å². The Bertz CT molecular complexity index is 348. The molecule has 1 amide bonds. The smallest absolute Gasteiger partial charge is 0.251 e. The zero-order chi connectivity index (χ0) is 12.0. The summed E-state index contributed by atoms with van der Waals surface area (Å²) in [5, 5.41) is 2.91. The molecule has 0 bridgehead atoms. The Morgan fingerprint density at radius 2 is 2.12 bits per heavy atom. The van der Waals surface area contributed by atoms with Gasteiger partial charge in [-0.05, 0) is 24.6 Å². The van der Waals surface area contributed by atoms with Crippen LogP contribution in [0.1, 0.15) is 30.1 Å². The summed E-state index contributed by atoms with van der Waals surface area (Å²) in [6, 6.07) is 7.64. The van der Waals surface area contributed by atoms with E-state index >= 15 is 0 Å². The van der Waals surface area contributed by atoms with E-state index in [1.807, 2.05) is 43.3 Å². The molecule has 0 radical (unpaired) electrons. The van der Waals surface area contributed by atoms with Gasteiger partial charge in [0.05, 0.1) is 0 Å². The summed E-state index contributed by atoms with van der Waals surface area (Å²) < 4.78 is 0. The van der Waals surface area contributed by atoms with Crippen LogP contribution >= 0.6 is 0 Å². The molecule has 0 aromatic heterocycles. The van der Waals surface area contributed by atoms with Gasteiger partial charge in [-0.1, -0.05) is 19.4 Å². The van der Waals surface area contributed by atoms with E-state index in [0.29, 0.717) is 0 Å². The first-order chi connectivity index (χ1) is 7.65. The van der Waals surface area contributed by atoms with E-state index in [9.17, 15) is 4.79 Å². The van der Waals surface area contributed by atoms with Crippen LogP contribution in [-0.4, -0.2) is 26.5 Å². The fraction of sp³-hybridized carbons (Fsp3) is 0.462. The van der Waals surface area contributed by atoms with Crippen molar-refractivity contribution in [3.8, 4) is 0 Å². The van der Waals surface area contributed by atoms with E-state index < -0.39 is 0 Å². The second-order valence-electron chi connectivity index (χ2n) is 4.05. The first kappa shape index (κ1) is 12.6. The third-order valence-corrected chi connectivity index (χ3v) is 2.44. The van der Waals surface area contributed by atoms with Crippen molar-refractivity contribution in [3.63, 3.8) is 0 Å². The number of hydrogen-bond acceptors (Lipinski definition) is 2. The van der Waals surface area contributed by atoms with Crippen LogP contribution in [-0.2, 0) is 0 Å². The van der Waals surface area contributed by atoms with E-state index in [0.717, 1.165) is 30.6 Å². The van der Waals surface area contributed by atoms with Gasteiger partial charge in [-0.3, -0.25) is 4.79 Å². The van der Waals surface area contributed by atoms with Crippen molar-refractivity contribution in [3.05, 3.63) is 29.8 Å². The molecule has 3 heteroatoms. The molecule has 0 spiro atoms. The molecule has 0 heterocycles. The SMILES string of the molecule is CCCCNC(=O)c1cccc(N(C)C)c1. The van der Waals surface area contributed by atoms with Crippen molar-refractivity contribution in [2.75, 3.05) is 25.5 Å². The van der Waals surface area contributed by atoms with Crippen molar-refractivity contribution >= 4 is 11.6 Å². The summed E-state index contributed by atoms with van der Waals surface area (Å²) in [4.78, 5) is 13.8. The summed E-state index contributed by atoms with van der Waals surface area (Å²) in [6.45, 7) is 2.86. The molecule has 88 valence electrons. The lowest BCUT2D eigenvalue weighted by Crippen LogP contribution is -2.24. The van der Waals surface area contributed by atoms with Crippen LogP contribution in [0.15, 0.2) is 24.3 Å². The van der Waals surface area contributed by atoms with Crippen molar-refractivity contribution in [2.24, 2.45) is 0 Å². The third-order valence-electron chi connectivity index (χ3n) is 2.44. The largest absolute Gasteiger partial charge is 0.378 e. The minimum atomic E-state index is 0.0113. The van der Waals surface area contributed by atoms with Crippen molar-refractivity contribution in [1.29, 1.82) is 0 Å². The Hall–Kier alpha value is -1.51. The van der Waals surface area contributed by atoms with Gasteiger partial charge in [0.2, 0.25) is 0 Å². The van der Waals surface area contributed by atoms with Crippen molar-refractivity contribution in [2.45, 2.75) is 19.8 Å². The van der Waals surface area contributed by atoms with Crippen LogP contribution in [0.5, 0.6) is 0 Å². The number of carbonyl (C=O) groups is 1. The summed E-state index contributed by atoms with van der Waals surface area (Å²) in [5.41, 5.74) is 1.77. The number of amides is 1. The predicted octanol–water partition coefficient (Wildman–Crippen LogP) is 2.28. The maximum atomic E-state index is 11.8. The van der Waals surface area contributed by atoms with Crippen molar-refractivity contribution < 1.29 is 4.79 Å². The Balaban J connectivity index is 2.64. The van der Waals surface area contributed by atoms with Crippen LogP contribution in [0.3, 0.4) is 0 Å². The highest BCUT2D eigenvalue weighted by molar-refractivity contribution is 5.95. The lowest BCUT2D eigenvalue weighted by atomic mass is 10.2. The number of anilines is 1. The van der Waals surface area contributed by atoms with Gasteiger partial charge in [0.25, 0.3) is 5.91 Å². The van der Waals surface area contributed by atoms with E-state index in [-0.39, 0.29) is 5.91 Å². The predicted molar refractivity (Wildman–Crippen MR) is 68.0 cm³/mol. The van der Waals surface area contributed by atoms with E-state index in [1.165, 1.54) is 0 Å². The monoisotopic (exact) mass is 220 g/mol. The average molecular weight is 220 g/mol. The summed E-state index contributed by atoms with van der Waals surface area (Å²) in [7, 11) is 3.93. The van der Waals surface area contributed by atoms with Crippen molar-refractivity contribution in [1.82, 2.24) is 5.32 Å². The van der Waals surface area contributed by atoms with Gasteiger partial charge in [0.1, 0.15) is 0 Å². The third kappa shape index (κ3) is 3.57. The van der Waals surface area contributed by atoms with E-state index in [1.54, 1.807) is 0 Å². The molecule has 1 N–H and O–H groups in total. The normalized spacial score (nSPS) is 9.94. The lowest BCUT2D eigenvalue weighted by molar-refractivity contribution is 0.0953. The fourth-order valence-corrected chi connectivity index (χ4v) is 1.41. The van der Waals surface area contributed by atoms with E-state index in [4.69, 9.17) is 0 Å². The molecule has 0 fully saturated rings. The topological polar surface area (TPSA) is 32.3 Å². The zero-order valence-electron chi connectivity index (χ0n) is 10.3. The number of rotatable bonds is 5. The Labute approximate surface area is 97.5 Å². The lowest BCUT2D eigenvalue weighted by Gasteiger charge is -2.13. The molecule has 1 aromatic carbocycles. The molecule has 0 atom stereocenters. The van der Waals surface area contributed by atoms with Gasteiger partial charge in [0, 0.05) is 31.9 Å². The molecular weight excluding hydrogens is 200 g/mol. The summed E-state index contributed by atoms with van der Waals surface area (Å²) >= 11 is 0. The molecule has 0 unspecified atom stereocenters. The molecule has 3 nitrogen and oxygen atoms in total. The molecule has 0 aliphatic carbocycles. The van der Waals surface area contributed by atoms with Gasteiger partial charge >= 0.3 is 0 Å². The number of unbranched alkanes of at least 4 members (excludes halogenated alkanes) is 1. The Morgan fingerprint density at radius 1 is 1.38 bits per heavy atom. The second kappa shape index (κ2) is 6.16. The molecule has 1 aromatic rings. The van der Waals surface area contributed by atoms with Crippen LogP contribution in [0.25, 0.3) is 0 Å². The number of nitrogens with one attached hydrogen (secondary N) is 1. The molecule has 1 rings (SSSR count). The quantitative estimate of drug-likeness (QED) is 0.772. The number of carbonyl (C=O) groups excluding carboxylic acids is 1. The Kier molecular flexibility index (Phi) is 4.83. The van der Waals surface area contributed by atoms with Gasteiger partial charge in [-0.15, -0.1) is 0 Å². The number of benzene rings is 1. The first-order valence-corrected chi connectivity index (χ1v) is 5.70. The minimum absolute atomic E-state index is 0.0113. The standard InChI is InChI=1S/C13H20N2O/c1-4-5-9-14-13(16)11-7-6-8-12(10-11)15(2)3/h6-8,10H,4-5,9H2,1-3H3,(H,14,16). The zero-order valence-corrected chi connectivity index (χ0v) is 10.3. The average Bonchev–Trinajstić information content (AvgIpc) is 2.29. The molecular formula is C13H20N2O. The van der Waals surface area contributed by atoms with Crippen LogP contribution in [0.4, 0.5) is 5.69 Å². The first-order valence-electron chi connectivity index (χ1n) is 5.70. The highest BCUT2D eigenvalue weighted by Gasteiger charge is 2.05. The molecule has 0 aliphatic heterocycles. The van der Waals surface area contributed by atoms with Gasteiger partial charge in [-0.2, -0.15) is 0 Å². The molecule has 16 heavy (non-hydrogen) atoms. The van der Waals surface area contributed by atoms with Gasteiger partial charge in [-0.25, -0.2) is 0 Å². The minimum Gasteiger partial charge on any atom is -0.378 e. The van der Waals surface area contributed by atoms with Gasteiger partial charge < -0.3 is 10.2 Å². The number of hydrogen-bond donors (Lipinski definition) is 1. The molecule has 0 saturated heterocycles. The highest BCUT2D eigenvalue weighted by Crippen LogP contribution is 2.13. The van der Waals surface area contributed by atoms with Crippen LogP contribution < -0.4 is 10.2 Å². The summed E-state index contributed by atoms with van der Waals surface area (Å²) in [6.07, 6.45) is 2.12. The maximum absolute atomic E-state index is 11.8. The second-order valence-corrected chi connectivity index (χ2v) is 4.05. The number of nitrogens with zero attached hydrogens (tertiary/aromatic N) is 1. The van der Waals surface area contributed by atoms with E-state index in [2.05, 4.69) is 12.2 Å². The highest BCUT2D eigenvalue weighted by atomic mass is 16.1. The summed E-state index contributed by atoms with van der Waals surface area (Å²) in [5.74, 6) is 0.0113. The Morgan fingerprint density at radius 3 is 2.75 bits per heavy atom.